The molecule has 1 rings (SSSR count). The Bertz CT molecular complexity index is 348. The Hall–Kier alpha value is -1.08. The summed E-state index contributed by atoms with van der Waals surface area (Å²) < 4.78 is 37.8. The second-order valence-corrected chi connectivity index (χ2v) is 4.18. The Labute approximate surface area is 98.0 Å². The van der Waals surface area contributed by atoms with Crippen LogP contribution in [0, 0.1) is 0 Å². The molecule has 0 aliphatic heterocycles. The van der Waals surface area contributed by atoms with Gasteiger partial charge >= 0.3 is 6.18 Å². The van der Waals surface area contributed by atoms with E-state index in [1.54, 1.807) is 24.1 Å². The highest BCUT2D eigenvalue weighted by Gasteiger charge is 2.29. The van der Waals surface area contributed by atoms with Gasteiger partial charge in [0.05, 0.1) is 12.6 Å². The zero-order chi connectivity index (χ0) is 13.1. The molecule has 98 valence electrons. The molecule has 1 heterocycles. The zero-order valence-electron chi connectivity index (χ0n) is 9.83. The Morgan fingerprint density at radius 3 is 2.65 bits per heavy atom. The lowest BCUT2D eigenvalue weighted by Crippen LogP contribution is -2.36. The van der Waals surface area contributed by atoms with Crippen molar-refractivity contribution in [2.75, 3.05) is 6.54 Å². The topological polar surface area (TPSA) is 55.9 Å². The van der Waals surface area contributed by atoms with E-state index in [2.05, 4.69) is 10.4 Å². The molecule has 3 N–H and O–H groups in total. The van der Waals surface area contributed by atoms with Gasteiger partial charge in [0.1, 0.15) is 0 Å². The molecule has 0 bridgehead atoms. The van der Waals surface area contributed by atoms with Gasteiger partial charge in [-0.05, 0) is 6.92 Å². The van der Waals surface area contributed by atoms with E-state index < -0.39 is 18.6 Å². The van der Waals surface area contributed by atoms with Crippen LogP contribution in [-0.4, -0.2) is 28.5 Å². The van der Waals surface area contributed by atoms with E-state index in [0.29, 0.717) is 6.54 Å². The first-order chi connectivity index (χ1) is 7.78. The van der Waals surface area contributed by atoms with Crippen LogP contribution in [0.5, 0.6) is 0 Å². The average molecular weight is 250 g/mol. The van der Waals surface area contributed by atoms with Crippen LogP contribution in [-0.2, 0) is 7.05 Å². The largest absolute Gasteiger partial charge is 0.390 e. The molecule has 0 saturated carbocycles. The van der Waals surface area contributed by atoms with Crippen LogP contribution in [0.4, 0.5) is 13.2 Å². The molecule has 0 saturated heterocycles. The fourth-order valence-corrected chi connectivity index (χ4v) is 1.50. The van der Waals surface area contributed by atoms with Gasteiger partial charge in [-0.15, -0.1) is 0 Å². The predicted molar refractivity (Wildman–Crippen MR) is 58.3 cm³/mol. The maximum atomic E-state index is 12.1. The lowest BCUT2D eigenvalue weighted by atomic mass is 10.1. The summed E-state index contributed by atoms with van der Waals surface area (Å²) in [6.07, 6.45) is -1.64. The summed E-state index contributed by atoms with van der Waals surface area (Å²) in [6.45, 7) is 1.78. The van der Waals surface area contributed by atoms with Crippen LogP contribution < -0.4 is 11.1 Å². The summed E-state index contributed by atoms with van der Waals surface area (Å²) in [5, 5.41) is 6.72. The molecule has 0 aromatic carbocycles. The van der Waals surface area contributed by atoms with E-state index in [0.717, 1.165) is 5.56 Å². The van der Waals surface area contributed by atoms with E-state index in [9.17, 15) is 13.2 Å². The van der Waals surface area contributed by atoms with Gasteiger partial charge in [0.25, 0.3) is 0 Å². The monoisotopic (exact) mass is 250 g/mol. The van der Waals surface area contributed by atoms with Gasteiger partial charge < -0.3 is 11.1 Å². The quantitative estimate of drug-likeness (QED) is 0.829. The molecule has 0 fully saturated rings. The Balaban J connectivity index is 2.35. The zero-order valence-corrected chi connectivity index (χ0v) is 9.83. The van der Waals surface area contributed by atoms with Crippen molar-refractivity contribution in [2.45, 2.75) is 31.6 Å². The third-order valence-electron chi connectivity index (χ3n) is 2.38. The van der Waals surface area contributed by atoms with Crippen molar-refractivity contribution in [1.82, 2.24) is 15.1 Å². The molecule has 4 nitrogen and oxygen atoms in total. The second-order valence-electron chi connectivity index (χ2n) is 4.18. The van der Waals surface area contributed by atoms with Gasteiger partial charge in [-0.3, -0.25) is 4.68 Å². The van der Waals surface area contributed by atoms with Crippen LogP contribution in [0.2, 0.25) is 0 Å². The molecule has 0 aliphatic rings. The molecule has 1 aromatic heterocycles. The van der Waals surface area contributed by atoms with E-state index in [1.807, 2.05) is 0 Å². The SMILES string of the molecule is CC(CC(F)(F)F)NCC(N)c1cnn(C)c1. The van der Waals surface area contributed by atoms with Gasteiger partial charge in [-0.2, -0.15) is 18.3 Å². The molecule has 17 heavy (non-hydrogen) atoms. The maximum absolute atomic E-state index is 12.1. The highest BCUT2D eigenvalue weighted by molar-refractivity contribution is 5.09. The average Bonchev–Trinajstić information content (AvgIpc) is 2.58. The van der Waals surface area contributed by atoms with Gasteiger partial charge in [0.2, 0.25) is 0 Å². The van der Waals surface area contributed by atoms with E-state index in [-0.39, 0.29) is 6.04 Å². The standard InChI is InChI=1S/C10H17F3N4/c1-7(3-10(11,12)13)15-5-9(14)8-4-16-17(2)6-8/h4,6-7,9,15H,3,5,14H2,1-2H3. The predicted octanol–water partition coefficient (Wildman–Crippen LogP) is 1.35. The smallest absolute Gasteiger partial charge is 0.323 e. The highest BCUT2D eigenvalue weighted by atomic mass is 19.4. The van der Waals surface area contributed by atoms with Gasteiger partial charge in [-0.1, -0.05) is 0 Å². The van der Waals surface area contributed by atoms with Crippen molar-refractivity contribution >= 4 is 0 Å². The molecule has 0 amide bonds. The summed E-state index contributed by atoms with van der Waals surface area (Å²) in [4.78, 5) is 0. The fourth-order valence-electron chi connectivity index (χ4n) is 1.50. The number of halogens is 3. The normalized spacial score (nSPS) is 15.9. The van der Waals surface area contributed by atoms with Crippen LogP contribution >= 0.6 is 0 Å². The number of rotatable bonds is 5. The van der Waals surface area contributed by atoms with Crippen LogP contribution in [0.1, 0.15) is 24.9 Å². The number of alkyl halides is 3. The first-order valence-electron chi connectivity index (χ1n) is 5.32. The highest BCUT2D eigenvalue weighted by Crippen LogP contribution is 2.21. The van der Waals surface area contributed by atoms with Crippen molar-refractivity contribution in [3.05, 3.63) is 18.0 Å². The molecule has 0 spiro atoms. The number of aryl methyl sites for hydroxylation is 1. The van der Waals surface area contributed by atoms with Crippen molar-refractivity contribution in [2.24, 2.45) is 12.8 Å². The molecule has 0 aliphatic carbocycles. The van der Waals surface area contributed by atoms with Crippen molar-refractivity contribution in [3.8, 4) is 0 Å². The minimum absolute atomic E-state index is 0.295. The van der Waals surface area contributed by atoms with Crippen LogP contribution in [0.3, 0.4) is 0 Å². The molecule has 7 heteroatoms. The minimum Gasteiger partial charge on any atom is -0.323 e. The lowest BCUT2D eigenvalue weighted by Gasteiger charge is -2.18. The molecular formula is C10H17F3N4. The first kappa shape index (κ1) is 14.0. The Kier molecular flexibility index (Phi) is 4.53. The molecular weight excluding hydrogens is 233 g/mol. The van der Waals surface area contributed by atoms with Gasteiger partial charge in [-0.25, -0.2) is 0 Å². The Morgan fingerprint density at radius 1 is 1.53 bits per heavy atom. The number of nitrogens with zero attached hydrogens (tertiary/aromatic N) is 2. The van der Waals surface area contributed by atoms with Crippen LogP contribution in [0.25, 0.3) is 0 Å². The number of hydrogen-bond donors (Lipinski definition) is 2. The molecule has 2 unspecified atom stereocenters. The van der Waals surface area contributed by atoms with E-state index in [1.165, 1.54) is 6.92 Å². The molecule has 2 atom stereocenters. The minimum atomic E-state index is -4.15. The van der Waals surface area contributed by atoms with E-state index in [4.69, 9.17) is 5.73 Å². The summed E-state index contributed by atoms with van der Waals surface area (Å²) in [5.41, 5.74) is 6.63. The Morgan fingerprint density at radius 2 is 2.18 bits per heavy atom. The van der Waals surface area contributed by atoms with Gasteiger partial charge in [0.15, 0.2) is 0 Å². The van der Waals surface area contributed by atoms with Crippen LogP contribution in [0.15, 0.2) is 12.4 Å². The summed E-state index contributed by atoms with van der Waals surface area (Å²) in [6, 6.07) is -0.989. The summed E-state index contributed by atoms with van der Waals surface area (Å²) in [7, 11) is 1.76. The molecule has 0 radical (unpaired) electrons. The van der Waals surface area contributed by atoms with Crippen molar-refractivity contribution in [3.63, 3.8) is 0 Å². The first-order valence-corrected chi connectivity index (χ1v) is 5.32. The van der Waals surface area contributed by atoms with Crippen molar-refractivity contribution in [1.29, 1.82) is 0 Å². The third kappa shape index (κ3) is 5.18. The summed E-state index contributed by atoms with van der Waals surface area (Å²) in [5.74, 6) is 0. The third-order valence-corrected chi connectivity index (χ3v) is 2.38. The van der Waals surface area contributed by atoms with Crippen molar-refractivity contribution < 1.29 is 13.2 Å². The number of nitrogens with one attached hydrogen (secondary N) is 1. The second kappa shape index (κ2) is 5.50. The maximum Gasteiger partial charge on any atom is 0.390 e. The molecule has 1 aromatic rings. The number of aromatic nitrogens is 2. The fraction of sp³-hybridized carbons (Fsp3) is 0.700. The number of hydrogen-bond acceptors (Lipinski definition) is 3. The lowest BCUT2D eigenvalue weighted by molar-refractivity contribution is -0.139. The van der Waals surface area contributed by atoms with E-state index >= 15 is 0 Å². The van der Waals surface area contributed by atoms with Gasteiger partial charge in [0, 0.05) is 37.4 Å². The number of nitrogens with two attached hydrogens (primary N) is 1. The summed E-state index contributed by atoms with van der Waals surface area (Å²) >= 11 is 0.